The fraction of sp³-hybridized carbons (Fsp3) is 0.194. The molecule has 0 saturated carbocycles. The fourth-order valence-electron chi connectivity index (χ4n) is 5.11. The smallest absolute Gasteiger partial charge is 0.269 e. The number of nitrogens with one attached hydrogen (secondary N) is 1. The third-order valence-electron chi connectivity index (χ3n) is 7.14. The number of ketones is 1. The molecule has 7 heteroatoms. The minimum atomic E-state index is -0.447. The molecule has 5 rings (SSSR count). The van der Waals surface area contributed by atoms with E-state index in [9.17, 15) is 14.9 Å². The molecule has 0 saturated heterocycles. The van der Waals surface area contributed by atoms with Crippen LogP contribution in [0.25, 0.3) is 11.8 Å². The second-order valence-electron chi connectivity index (χ2n) is 10.2. The first kappa shape index (κ1) is 25.7. The minimum absolute atomic E-state index is 0.0194. The van der Waals surface area contributed by atoms with E-state index in [4.69, 9.17) is 4.74 Å². The summed E-state index contributed by atoms with van der Waals surface area (Å²) < 4.78 is 6.36. The van der Waals surface area contributed by atoms with Crippen LogP contribution in [0.2, 0.25) is 0 Å². The van der Waals surface area contributed by atoms with E-state index >= 15 is 0 Å². The maximum Gasteiger partial charge on any atom is 0.269 e. The highest BCUT2D eigenvalue weighted by Crippen LogP contribution is 2.48. The Morgan fingerprint density at radius 3 is 2.29 bits per heavy atom. The number of methoxy groups -OCH3 is 1. The number of dihydropyridines is 1. The summed E-state index contributed by atoms with van der Waals surface area (Å²) in [5, 5.41) is 14.7. The van der Waals surface area contributed by atoms with Gasteiger partial charge in [0, 0.05) is 45.1 Å². The van der Waals surface area contributed by atoms with Gasteiger partial charge in [0.25, 0.3) is 5.69 Å². The van der Waals surface area contributed by atoms with Crippen molar-refractivity contribution in [1.82, 2.24) is 5.32 Å². The number of non-ortho nitro benzene ring substituents is 1. The van der Waals surface area contributed by atoms with Gasteiger partial charge in [-0.1, -0.05) is 54.0 Å². The van der Waals surface area contributed by atoms with Crippen molar-refractivity contribution in [2.45, 2.75) is 26.2 Å². The van der Waals surface area contributed by atoms with Gasteiger partial charge in [0.2, 0.25) is 0 Å². The third-order valence-corrected chi connectivity index (χ3v) is 7.67. The molecule has 3 aromatic rings. The molecule has 0 aromatic heterocycles. The molecular weight excluding hydrogens is 544 g/mol. The van der Waals surface area contributed by atoms with Crippen LogP contribution in [0.15, 0.2) is 100 Å². The van der Waals surface area contributed by atoms with Gasteiger partial charge in [0.05, 0.1) is 12.0 Å². The lowest BCUT2D eigenvalue weighted by atomic mass is 9.67. The highest BCUT2D eigenvalue weighted by Gasteiger charge is 2.42. The zero-order valence-electron chi connectivity index (χ0n) is 21.3. The Balaban J connectivity index is 1.60. The number of hydrogen-bond donors (Lipinski definition) is 1. The summed E-state index contributed by atoms with van der Waals surface area (Å²) in [4.78, 5) is 24.9. The van der Waals surface area contributed by atoms with Crippen LogP contribution in [0, 0.1) is 15.5 Å². The van der Waals surface area contributed by atoms with Gasteiger partial charge in [-0.15, -0.1) is 0 Å². The first-order chi connectivity index (χ1) is 18.2. The highest BCUT2D eigenvalue weighted by atomic mass is 79.9. The predicted octanol–water partition coefficient (Wildman–Crippen LogP) is 7.43. The van der Waals surface area contributed by atoms with E-state index in [0.29, 0.717) is 12.0 Å². The molecule has 192 valence electrons. The average Bonchev–Trinajstić information content (AvgIpc) is 2.91. The zero-order chi connectivity index (χ0) is 27.0. The summed E-state index contributed by atoms with van der Waals surface area (Å²) in [5.41, 5.74) is 5.66. The Morgan fingerprint density at radius 1 is 1.03 bits per heavy atom. The molecule has 1 unspecified atom stereocenters. The van der Waals surface area contributed by atoms with Crippen LogP contribution in [0.4, 0.5) is 5.69 Å². The van der Waals surface area contributed by atoms with E-state index in [1.54, 1.807) is 19.2 Å². The van der Waals surface area contributed by atoms with E-state index in [1.165, 1.54) is 12.1 Å². The lowest BCUT2D eigenvalue weighted by Gasteiger charge is -2.40. The van der Waals surface area contributed by atoms with Gasteiger partial charge in [-0.3, -0.25) is 14.9 Å². The number of allylic oxidation sites excluding steroid dienone is 4. The fourth-order valence-corrected chi connectivity index (χ4v) is 5.37. The zero-order valence-corrected chi connectivity index (χ0v) is 22.9. The number of rotatable bonds is 5. The number of carbonyl (C=O) groups is 1. The minimum Gasteiger partial charge on any atom is -0.497 e. The first-order valence-corrected chi connectivity index (χ1v) is 13.1. The molecule has 1 aliphatic heterocycles. The largest absolute Gasteiger partial charge is 0.497 e. The second-order valence-corrected chi connectivity index (χ2v) is 11.1. The Kier molecular flexibility index (Phi) is 6.80. The van der Waals surface area contributed by atoms with Crippen molar-refractivity contribution < 1.29 is 14.5 Å². The highest BCUT2D eigenvalue weighted by molar-refractivity contribution is 9.10. The molecule has 1 aliphatic carbocycles. The normalized spacial score (nSPS) is 19.5. The average molecular weight is 571 g/mol. The third kappa shape index (κ3) is 4.94. The van der Waals surface area contributed by atoms with Gasteiger partial charge < -0.3 is 10.1 Å². The number of benzene rings is 3. The van der Waals surface area contributed by atoms with Crippen LogP contribution in [-0.2, 0) is 4.79 Å². The van der Waals surface area contributed by atoms with Gasteiger partial charge >= 0.3 is 0 Å². The number of halogens is 1. The van der Waals surface area contributed by atoms with Crippen LogP contribution in [0.5, 0.6) is 5.75 Å². The lowest BCUT2D eigenvalue weighted by molar-refractivity contribution is -0.384. The van der Waals surface area contributed by atoms with Crippen molar-refractivity contribution in [2.75, 3.05) is 7.11 Å². The molecule has 38 heavy (non-hydrogen) atoms. The molecule has 2 aliphatic rings. The molecule has 0 bridgehead atoms. The number of hydrogen-bond acceptors (Lipinski definition) is 5. The first-order valence-electron chi connectivity index (χ1n) is 12.3. The summed E-state index contributed by atoms with van der Waals surface area (Å²) in [6, 6.07) is 22.2. The van der Waals surface area contributed by atoms with E-state index < -0.39 is 10.3 Å². The molecule has 0 radical (unpaired) electrons. The number of nitro benzene ring substituents is 1. The van der Waals surface area contributed by atoms with Gasteiger partial charge in [-0.2, -0.15) is 0 Å². The Labute approximate surface area is 230 Å². The summed E-state index contributed by atoms with van der Waals surface area (Å²) in [7, 11) is 1.63. The second kappa shape index (κ2) is 10.1. The van der Waals surface area contributed by atoms with E-state index in [0.717, 1.165) is 43.9 Å². The van der Waals surface area contributed by atoms with Crippen LogP contribution < -0.4 is 10.1 Å². The standard InChI is InChI=1S/C31H27BrN2O4/c1-31(2)18-28-29(30(35)26(31)16-19-4-12-23(13-5-19)34(36)37)25(20-8-14-24(38-3)15-9-20)17-27(33-28)21-6-10-22(32)11-7-21/h4-17,25,33H,18H2,1-3H3/b26-16+. The maximum atomic E-state index is 14.2. The van der Waals surface area contributed by atoms with Crippen LogP contribution in [-0.4, -0.2) is 17.8 Å². The molecule has 0 amide bonds. The Hall–Kier alpha value is -3.97. The molecule has 1 heterocycles. The van der Waals surface area contributed by atoms with Crippen LogP contribution in [0.3, 0.4) is 0 Å². The molecule has 0 fully saturated rings. The lowest BCUT2D eigenvalue weighted by Crippen LogP contribution is -2.37. The SMILES string of the molecule is COc1ccc(C2C=C(c3ccc(Br)cc3)NC3=C2C(=O)/C(=C\c2ccc([N+](=O)[O-])cc2)C(C)(C)C3)cc1. The van der Waals surface area contributed by atoms with Gasteiger partial charge in [-0.05, 0) is 77.1 Å². The van der Waals surface area contributed by atoms with Crippen LogP contribution in [0.1, 0.15) is 42.9 Å². The van der Waals surface area contributed by atoms with Gasteiger partial charge in [0.1, 0.15) is 5.75 Å². The topological polar surface area (TPSA) is 81.5 Å². The van der Waals surface area contributed by atoms with E-state index in [-0.39, 0.29) is 17.4 Å². The van der Waals surface area contributed by atoms with Crippen molar-refractivity contribution in [3.8, 4) is 5.75 Å². The van der Waals surface area contributed by atoms with Crippen molar-refractivity contribution in [1.29, 1.82) is 0 Å². The molecule has 6 nitrogen and oxygen atoms in total. The monoisotopic (exact) mass is 570 g/mol. The summed E-state index contributed by atoms with van der Waals surface area (Å²) in [5.74, 6) is 0.484. The van der Waals surface area contributed by atoms with Gasteiger partial charge in [-0.25, -0.2) is 0 Å². The molecule has 1 atom stereocenters. The predicted molar refractivity (Wildman–Crippen MR) is 152 cm³/mol. The van der Waals surface area contributed by atoms with Crippen molar-refractivity contribution in [3.63, 3.8) is 0 Å². The van der Waals surface area contributed by atoms with E-state index in [1.807, 2.05) is 42.5 Å². The molecule has 1 N–H and O–H groups in total. The van der Waals surface area contributed by atoms with Gasteiger partial charge in [0.15, 0.2) is 5.78 Å². The number of nitro groups is 1. The maximum absolute atomic E-state index is 14.2. The Bertz CT molecular complexity index is 1500. The van der Waals surface area contributed by atoms with Crippen LogP contribution >= 0.6 is 15.9 Å². The molecule has 3 aromatic carbocycles. The molecular formula is C31H27BrN2O4. The Morgan fingerprint density at radius 2 is 1.68 bits per heavy atom. The number of ether oxygens (including phenoxy) is 1. The number of carbonyl (C=O) groups excluding carboxylic acids is 1. The van der Waals surface area contributed by atoms with E-state index in [2.05, 4.69) is 53.3 Å². The summed E-state index contributed by atoms with van der Waals surface area (Å²) in [6.07, 6.45) is 4.63. The summed E-state index contributed by atoms with van der Waals surface area (Å²) >= 11 is 3.51. The quantitative estimate of drug-likeness (QED) is 0.196. The van der Waals surface area contributed by atoms with Crippen molar-refractivity contribution in [2.24, 2.45) is 5.41 Å². The molecule has 0 spiro atoms. The number of Topliss-reactive ketones (excluding diaryl/α,β-unsaturated/α-hetero) is 1. The van der Waals surface area contributed by atoms with Crippen molar-refractivity contribution >= 4 is 39.2 Å². The summed E-state index contributed by atoms with van der Waals surface area (Å²) in [6.45, 7) is 4.13. The van der Waals surface area contributed by atoms with Crippen molar-refractivity contribution in [3.05, 3.63) is 127 Å². The number of nitrogens with zero attached hydrogens (tertiary/aromatic N) is 1.